The summed E-state index contributed by atoms with van der Waals surface area (Å²) in [5.74, 6) is -0.462. The standard InChI is InChI=1S/C23H33N5O3/c1-15(12-20-16(2)26-27(4)17(20)3)24-23(31)18-10-11-22(30)28(13-18)14-21(29)25-19-8-6-5-7-9-19/h10-11,13,15,19H,5-9,12,14H2,1-4H3,(H,24,31)(H,25,29). The lowest BCUT2D eigenvalue weighted by atomic mass is 9.95. The number of hydrogen-bond donors (Lipinski definition) is 2. The third-order valence-electron chi connectivity index (χ3n) is 6.08. The average Bonchev–Trinajstić information content (AvgIpc) is 2.96. The lowest BCUT2D eigenvalue weighted by Crippen LogP contribution is -2.40. The fourth-order valence-electron chi connectivity index (χ4n) is 4.24. The Morgan fingerprint density at radius 1 is 1.19 bits per heavy atom. The Bertz CT molecular complexity index is 1000. The summed E-state index contributed by atoms with van der Waals surface area (Å²) in [4.78, 5) is 37.3. The molecule has 0 bridgehead atoms. The van der Waals surface area contributed by atoms with Crippen LogP contribution in [-0.2, 0) is 24.8 Å². The van der Waals surface area contributed by atoms with Gasteiger partial charge in [-0.05, 0) is 51.7 Å². The summed E-state index contributed by atoms with van der Waals surface area (Å²) < 4.78 is 3.14. The van der Waals surface area contributed by atoms with Crippen molar-refractivity contribution in [2.75, 3.05) is 0 Å². The molecule has 3 rings (SSSR count). The summed E-state index contributed by atoms with van der Waals surface area (Å²) in [7, 11) is 1.91. The SMILES string of the molecule is Cc1nn(C)c(C)c1CC(C)NC(=O)c1ccc(=O)n(CC(=O)NC2CCCCC2)c1. The second-order valence-electron chi connectivity index (χ2n) is 8.64. The first-order valence-corrected chi connectivity index (χ1v) is 11.0. The minimum Gasteiger partial charge on any atom is -0.352 e. The van der Waals surface area contributed by atoms with Gasteiger partial charge in [0.15, 0.2) is 0 Å². The number of nitrogens with zero attached hydrogens (tertiary/aromatic N) is 3. The van der Waals surface area contributed by atoms with Gasteiger partial charge < -0.3 is 15.2 Å². The smallest absolute Gasteiger partial charge is 0.252 e. The van der Waals surface area contributed by atoms with Crippen LogP contribution < -0.4 is 16.2 Å². The molecule has 1 fully saturated rings. The summed E-state index contributed by atoms with van der Waals surface area (Å²) in [6, 6.07) is 2.91. The van der Waals surface area contributed by atoms with Gasteiger partial charge in [0.2, 0.25) is 5.91 Å². The Morgan fingerprint density at radius 3 is 2.55 bits per heavy atom. The molecule has 2 aromatic heterocycles. The van der Waals surface area contributed by atoms with Crippen molar-refractivity contribution in [2.45, 2.75) is 77.9 Å². The summed E-state index contributed by atoms with van der Waals surface area (Å²) in [6.45, 7) is 5.83. The van der Waals surface area contributed by atoms with Crippen LogP contribution in [0.3, 0.4) is 0 Å². The third-order valence-corrected chi connectivity index (χ3v) is 6.08. The monoisotopic (exact) mass is 427 g/mol. The van der Waals surface area contributed by atoms with Crippen molar-refractivity contribution in [1.29, 1.82) is 0 Å². The van der Waals surface area contributed by atoms with E-state index in [9.17, 15) is 14.4 Å². The Morgan fingerprint density at radius 2 is 1.90 bits per heavy atom. The lowest BCUT2D eigenvalue weighted by molar-refractivity contribution is -0.122. The molecule has 1 aliphatic carbocycles. The maximum atomic E-state index is 12.7. The van der Waals surface area contributed by atoms with Gasteiger partial charge in [0.05, 0.1) is 11.3 Å². The second-order valence-corrected chi connectivity index (χ2v) is 8.64. The van der Waals surface area contributed by atoms with Gasteiger partial charge >= 0.3 is 0 Å². The van der Waals surface area contributed by atoms with E-state index < -0.39 is 0 Å². The van der Waals surface area contributed by atoms with Gasteiger partial charge in [0.1, 0.15) is 6.54 Å². The van der Waals surface area contributed by atoms with Crippen LogP contribution in [0.1, 0.15) is 66.3 Å². The molecule has 0 radical (unpaired) electrons. The first kappa shape index (κ1) is 22.8. The molecule has 1 unspecified atom stereocenters. The number of rotatable bonds is 7. The lowest BCUT2D eigenvalue weighted by Gasteiger charge is -2.23. The number of aromatic nitrogens is 3. The fraction of sp³-hybridized carbons (Fsp3) is 0.565. The normalized spacial score (nSPS) is 15.5. The van der Waals surface area contributed by atoms with Crippen molar-refractivity contribution in [3.8, 4) is 0 Å². The van der Waals surface area contributed by atoms with Crippen LogP contribution in [0.2, 0.25) is 0 Å². The number of carbonyl (C=O) groups is 2. The van der Waals surface area contributed by atoms with Crippen LogP contribution in [0.5, 0.6) is 0 Å². The summed E-state index contributed by atoms with van der Waals surface area (Å²) >= 11 is 0. The van der Waals surface area contributed by atoms with Crippen molar-refractivity contribution in [2.24, 2.45) is 7.05 Å². The second kappa shape index (κ2) is 9.94. The molecule has 0 aromatic carbocycles. The molecule has 2 N–H and O–H groups in total. The summed E-state index contributed by atoms with van der Waals surface area (Å²) in [5.41, 5.74) is 3.22. The molecule has 8 heteroatoms. The van der Waals surface area contributed by atoms with E-state index in [2.05, 4.69) is 15.7 Å². The van der Waals surface area contributed by atoms with Crippen LogP contribution in [0.4, 0.5) is 0 Å². The first-order chi connectivity index (χ1) is 14.7. The van der Waals surface area contributed by atoms with Gasteiger partial charge in [-0.1, -0.05) is 19.3 Å². The molecular weight excluding hydrogens is 394 g/mol. The van der Waals surface area contributed by atoms with Gasteiger partial charge in [0.25, 0.3) is 11.5 Å². The average molecular weight is 428 g/mol. The Kier molecular flexibility index (Phi) is 7.30. The van der Waals surface area contributed by atoms with Gasteiger partial charge in [-0.3, -0.25) is 19.1 Å². The summed E-state index contributed by atoms with van der Waals surface area (Å²) in [5, 5.41) is 10.4. The number of hydrogen-bond acceptors (Lipinski definition) is 4. The minimum absolute atomic E-state index is 0.0833. The number of pyridine rings is 1. The first-order valence-electron chi connectivity index (χ1n) is 11.0. The minimum atomic E-state index is -0.301. The Hall–Kier alpha value is -2.90. The summed E-state index contributed by atoms with van der Waals surface area (Å²) in [6.07, 6.45) is 7.55. The van der Waals surface area contributed by atoms with Crippen molar-refractivity contribution in [3.05, 3.63) is 51.2 Å². The maximum absolute atomic E-state index is 12.7. The van der Waals surface area contributed by atoms with E-state index >= 15 is 0 Å². The molecule has 168 valence electrons. The van der Waals surface area contributed by atoms with Crippen molar-refractivity contribution in [3.63, 3.8) is 0 Å². The van der Waals surface area contributed by atoms with Crippen LogP contribution >= 0.6 is 0 Å². The van der Waals surface area contributed by atoms with E-state index in [4.69, 9.17) is 0 Å². The molecule has 8 nitrogen and oxygen atoms in total. The molecule has 2 amide bonds. The van der Waals surface area contributed by atoms with E-state index in [0.717, 1.165) is 42.6 Å². The van der Waals surface area contributed by atoms with E-state index in [0.29, 0.717) is 12.0 Å². The third kappa shape index (κ3) is 5.83. The highest BCUT2D eigenvalue weighted by Gasteiger charge is 2.18. The molecule has 0 saturated heterocycles. The van der Waals surface area contributed by atoms with E-state index in [1.165, 1.54) is 29.3 Å². The highest BCUT2D eigenvalue weighted by molar-refractivity contribution is 5.94. The zero-order valence-electron chi connectivity index (χ0n) is 18.9. The van der Waals surface area contributed by atoms with Crippen LogP contribution in [0.15, 0.2) is 23.1 Å². The van der Waals surface area contributed by atoms with Gasteiger partial charge in [-0.15, -0.1) is 0 Å². The molecule has 2 heterocycles. The highest BCUT2D eigenvalue weighted by atomic mass is 16.2. The molecule has 0 spiro atoms. The Balaban J connectivity index is 1.62. The quantitative estimate of drug-likeness (QED) is 0.706. The van der Waals surface area contributed by atoms with E-state index in [1.807, 2.05) is 32.5 Å². The molecule has 0 aliphatic heterocycles. The van der Waals surface area contributed by atoms with Crippen molar-refractivity contribution in [1.82, 2.24) is 25.0 Å². The zero-order valence-corrected chi connectivity index (χ0v) is 18.9. The molecule has 31 heavy (non-hydrogen) atoms. The number of nitrogens with one attached hydrogen (secondary N) is 2. The predicted molar refractivity (Wildman–Crippen MR) is 119 cm³/mol. The largest absolute Gasteiger partial charge is 0.352 e. The fourth-order valence-corrected chi connectivity index (χ4v) is 4.24. The molecule has 1 atom stereocenters. The van der Waals surface area contributed by atoms with Crippen LogP contribution in [0, 0.1) is 13.8 Å². The number of amides is 2. The highest BCUT2D eigenvalue weighted by Crippen LogP contribution is 2.17. The van der Waals surface area contributed by atoms with Crippen molar-refractivity contribution < 1.29 is 9.59 Å². The van der Waals surface area contributed by atoms with Gasteiger partial charge in [0, 0.05) is 37.1 Å². The molecule has 2 aromatic rings. The molecule has 1 aliphatic rings. The van der Waals surface area contributed by atoms with Gasteiger partial charge in [-0.25, -0.2) is 0 Å². The molecular formula is C23H33N5O3. The van der Waals surface area contributed by atoms with Gasteiger partial charge in [-0.2, -0.15) is 5.10 Å². The van der Waals surface area contributed by atoms with Crippen LogP contribution in [0.25, 0.3) is 0 Å². The Labute approximate surface area is 183 Å². The zero-order chi connectivity index (χ0) is 22.5. The number of aryl methyl sites for hydroxylation is 2. The molecule has 1 saturated carbocycles. The van der Waals surface area contributed by atoms with Crippen LogP contribution in [-0.4, -0.2) is 38.2 Å². The van der Waals surface area contributed by atoms with Crippen molar-refractivity contribution >= 4 is 11.8 Å². The predicted octanol–water partition coefficient (Wildman–Crippen LogP) is 2.01. The topological polar surface area (TPSA) is 98.0 Å². The van der Waals surface area contributed by atoms with E-state index in [-0.39, 0.29) is 36.0 Å². The number of carbonyl (C=O) groups excluding carboxylic acids is 2. The van der Waals surface area contributed by atoms with E-state index in [1.54, 1.807) is 0 Å². The maximum Gasteiger partial charge on any atom is 0.252 e.